The van der Waals surface area contributed by atoms with E-state index in [1.165, 1.54) is 61.8 Å². The third-order valence-corrected chi connectivity index (χ3v) is 7.09. The van der Waals surface area contributed by atoms with Gasteiger partial charge in [-0.3, -0.25) is 5.41 Å². The van der Waals surface area contributed by atoms with Gasteiger partial charge >= 0.3 is 0 Å². The molecule has 162 valence electrons. The standard InChI is InChI=1S/C23H37BrN4O/c1-17(2)29-21-5-6-22(24)20(15-21)14-18-7-11-27(12-8-18)13-9-19-4-3-10-28(16-19)23(25)26/h5-6,15,17-19H,3-4,7-14,16H2,1-2H3,(H3,25,26). The van der Waals surface area contributed by atoms with Gasteiger partial charge in [0.1, 0.15) is 5.75 Å². The number of ether oxygens (including phenoxy) is 1. The van der Waals surface area contributed by atoms with Crippen LogP contribution in [0.4, 0.5) is 0 Å². The lowest BCUT2D eigenvalue weighted by molar-refractivity contribution is 0.158. The number of rotatable bonds is 7. The zero-order valence-electron chi connectivity index (χ0n) is 18.0. The normalized spacial score (nSPS) is 21.5. The molecule has 2 heterocycles. The largest absolute Gasteiger partial charge is 0.491 e. The lowest BCUT2D eigenvalue weighted by Gasteiger charge is -2.36. The monoisotopic (exact) mass is 464 g/mol. The molecule has 0 bridgehead atoms. The maximum Gasteiger partial charge on any atom is 0.188 e. The number of nitrogens with zero attached hydrogens (tertiary/aromatic N) is 2. The first-order valence-corrected chi connectivity index (χ1v) is 12.0. The Bertz CT molecular complexity index is 673. The van der Waals surface area contributed by atoms with Gasteiger partial charge in [-0.05, 0) is 108 Å². The van der Waals surface area contributed by atoms with Crippen molar-refractivity contribution in [2.75, 3.05) is 32.7 Å². The van der Waals surface area contributed by atoms with Crippen LogP contribution < -0.4 is 10.5 Å². The molecule has 2 fully saturated rings. The number of piperidine rings is 2. The topological polar surface area (TPSA) is 65.6 Å². The van der Waals surface area contributed by atoms with E-state index in [4.69, 9.17) is 15.9 Å². The summed E-state index contributed by atoms with van der Waals surface area (Å²) in [6, 6.07) is 6.38. The Morgan fingerprint density at radius 2 is 1.97 bits per heavy atom. The minimum absolute atomic E-state index is 0.207. The summed E-state index contributed by atoms with van der Waals surface area (Å²) in [5, 5.41) is 7.66. The second kappa shape index (κ2) is 10.7. The lowest BCUT2D eigenvalue weighted by Crippen LogP contribution is -2.44. The SMILES string of the molecule is CC(C)Oc1ccc(Br)c(CC2CCN(CCC3CCCN(C(=N)N)C3)CC2)c1. The number of benzene rings is 1. The van der Waals surface area contributed by atoms with E-state index in [9.17, 15) is 0 Å². The second-order valence-electron chi connectivity index (χ2n) is 9.04. The molecule has 5 nitrogen and oxygen atoms in total. The van der Waals surface area contributed by atoms with Crippen molar-refractivity contribution < 1.29 is 4.74 Å². The molecule has 0 aromatic heterocycles. The highest BCUT2D eigenvalue weighted by atomic mass is 79.9. The van der Waals surface area contributed by atoms with Crippen molar-refractivity contribution in [2.45, 2.75) is 58.5 Å². The second-order valence-corrected chi connectivity index (χ2v) is 9.89. The molecule has 1 unspecified atom stereocenters. The Morgan fingerprint density at radius 1 is 1.21 bits per heavy atom. The molecule has 2 aliphatic rings. The molecule has 1 aromatic carbocycles. The molecule has 0 saturated carbocycles. The fraction of sp³-hybridized carbons (Fsp3) is 0.696. The van der Waals surface area contributed by atoms with Crippen LogP contribution in [0.1, 0.15) is 51.5 Å². The Kier molecular flexibility index (Phi) is 8.25. The molecule has 2 saturated heterocycles. The van der Waals surface area contributed by atoms with Gasteiger partial charge in [-0.1, -0.05) is 15.9 Å². The first kappa shape index (κ1) is 22.4. The van der Waals surface area contributed by atoms with Crippen LogP contribution in [0.15, 0.2) is 22.7 Å². The molecule has 0 radical (unpaired) electrons. The molecule has 6 heteroatoms. The predicted molar refractivity (Wildman–Crippen MR) is 124 cm³/mol. The van der Waals surface area contributed by atoms with Crippen LogP contribution in [0.3, 0.4) is 0 Å². The molecule has 0 amide bonds. The van der Waals surface area contributed by atoms with Gasteiger partial charge in [0.2, 0.25) is 0 Å². The van der Waals surface area contributed by atoms with Crippen LogP contribution in [0.25, 0.3) is 0 Å². The number of hydrogen-bond donors (Lipinski definition) is 2. The summed E-state index contributed by atoms with van der Waals surface area (Å²) in [6.45, 7) is 9.65. The molecule has 0 spiro atoms. The fourth-order valence-electron chi connectivity index (χ4n) is 4.66. The van der Waals surface area contributed by atoms with Gasteiger partial charge in [0.05, 0.1) is 6.10 Å². The lowest BCUT2D eigenvalue weighted by atomic mass is 9.89. The predicted octanol–water partition coefficient (Wildman–Crippen LogP) is 4.49. The van der Waals surface area contributed by atoms with Crippen molar-refractivity contribution in [3.8, 4) is 5.75 Å². The molecule has 1 aromatic rings. The van der Waals surface area contributed by atoms with Crippen LogP contribution in [-0.4, -0.2) is 54.6 Å². The van der Waals surface area contributed by atoms with Crippen LogP contribution in [0.2, 0.25) is 0 Å². The molecule has 1 atom stereocenters. The van der Waals surface area contributed by atoms with Crippen LogP contribution in [-0.2, 0) is 6.42 Å². The first-order valence-electron chi connectivity index (χ1n) is 11.2. The quantitative estimate of drug-likeness (QED) is 0.460. The van der Waals surface area contributed by atoms with Crippen molar-refractivity contribution in [2.24, 2.45) is 17.6 Å². The maximum absolute atomic E-state index is 7.66. The van der Waals surface area contributed by atoms with Crippen LogP contribution >= 0.6 is 15.9 Å². The number of likely N-dealkylation sites (tertiary alicyclic amines) is 2. The Hall–Kier alpha value is -1.27. The molecule has 29 heavy (non-hydrogen) atoms. The number of guanidine groups is 1. The third kappa shape index (κ3) is 6.88. The van der Waals surface area contributed by atoms with Gasteiger partial charge in [0.15, 0.2) is 5.96 Å². The summed E-state index contributed by atoms with van der Waals surface area (Å²) in [5.41, 5.74) is 7.05. The highest BCUT2D eigenvalue weighted by Crippen LogP contribution is 2.29. The number of nitrogens with one attached hydrogen (secondary N) is 1. The van der Waals surface area contributed by atoms with Gasteiger partial charge in [-0.25, -0.2) is 0 Å². The molecule has 3 rings (SSSR count). The summed E-state index contributed by atoms with van der Waals surface area (Å²) in [4.78, 5) is 4.67. The van der Waals surface area contributed by atoms with E-state index in [1.807, 2.05) is 4.90 Å². The number of nitrogens with two attached hydrogens (primary N) is 1. The van der Waals surface area contributed by atoms with Crippen LogP contribution in [0.5, 0.6) is 5.75 Å². The van der Waals surface area contributed by atoms with Gasteiger partial charge in [0.25, 0.3) is 0 Å². The zero-order chi connectivity index (χ0) is 20.8. The number of hydrogen-bond acceptors (Lipinski definition) is 3. The molecular formula is C23H37BrN4O. The average molecular weight is 465 g/mol. The van der Waals surface area contributed by atoms with Crippen molar-refractivity contribution >= 4 is 21.9 Å². The number of halogens is 1. The smallest absolute Gasteiger partial charge is 0.188 e. The molecule has 0 aliphatic carbocycles. The summed E-state index contributed by atoms with van der Waals surface area (Å²) in [6.07, 6.45) is 7.55. The average Bonchev–Trinajstić information content (AvgIpc) is 2.70. The van der Waals surface area contributed by atoms with Gasteiger partial charge in [-0.2, -0.15) is 0 Å². The summed E-state index contributed by atoms with van der Waals surface area (Å²) in [5.74, 6) is 2.65. The van der Waals surface area contributed by atoms with E-state index in [-0.39, 0.29) is 12.1 Å². The molecule has 2 aliphatic heterocycles. The van der Waals surface area contributed by atoms with Crippen molar-refractivity contribution in [1.29, 1.82) is 5.41 Å². The fourth-order valence-corrected chi connectivity index (χ4v) is 5.07. The summed E-state index contributed by atoms with van der Waals surface area (Å²) >= 11 is 3.73. The highest BCUT2D eigenvalue weighted by Gasteiger charge is 2.24. The van der Waals surface area contributed by atoms with Crippen molar-refractivity contribution in [1.82, 2.24) is 9.80 Å². The van der Waals surface area contributed by atoms with E-state index in [1.54, 1.807) is 0 Å². The Labute approximate surface area is 184 Å². The highest BCUT2D eigenvalue weighted by molar-refractivity contribution is 9.10. The van der Waals surface area contributed by atoms with Gasteiger partial charge in [-0.15, -0.1) is 0 Å². The van der Waals surface area contributed by atoms with E-state index in [0.717, 1.165) is 31.2 Å². The van der Waals surface area contributed by atoms with E-state index < -0.39 is 0 Å². The van der Waals surface area contributed by atoms with Crippen LogP contribution in [0, 0.1) is 17.2 Å². The molecule has 3 N–H and O–H groups in total. The van der Waals surface area contributed by atoms with Crippen molar-refractivity contribution in [3.63, 3.8) is 0 Å². The van der Waals surface area contributed by atoms with Gasteiger partial charge in [0, 0.05) is 17.6 Å². The molecular weight excluding hydrogens is 428 g/mol. The van der Waals surface area contributed by atoms with Crippen molar-refractivity contribution in [3.05, 3.63) is 28.2 Å². The Balaban J connectivity index is 1.42. The summed E-state index contributed by atoms with van der Waals surface area (Å²) in [7, 11) is 0. The van der Waals surface area contributed by atoms with E-state index >= 15 is 0 Å². The third-order valence-electron chi connectivity index (χ3n) is 6.32. The Morgan fingerprint density at radius 3 is 2.66 bits per heavy atom. The minimum atomic E-state index is 0.207. The zero-order valence-corrected chi connectivity index (χ0v) is 19.6. The maximum atomic E-state index is 7.66. The first-order chi connectivity index (χ1) is 13.9. The van der Waals surface area contributed by atoms with E-state index in [2.05, 4.69) is 52.9 Å². The minimum Gasteiger partial charge on any atom is -0.491 e. The van der Waals surface area contributed by atoms with Gasteiger partial charge < -0.3 is 20.3 Å². The summed E-state index contributed by atoms with van der Waals surface area (Å²) < 4.78 is 7.07. The van der Waals surface area contributed by atoms with E-state index in [0.29, 0.717) is 5.92 Å².